The Labute approximate surface area is 158 Å². The Balaban J connectivity index is 1.93. The van der Waals surface area contributed by atoms with Crippen molar-refractivity contribution in [2.24, 2.45) is 0 Å². The Hall–Kier alpha value is -3.65. The summed E-state index contributed by atoms with van der Waals surface area (Å²) in [5.74, 6) is -0.436. The minimum Gasteiger partial charge on any atom is -0.321 e. The van der Waals surface area contributed by atoms with E-state index in [2.05, 4.69) is 10.4 Å². The number of nitrogens with zero attached hydrogens (tertiary/aromatic N) is 3. The monoisotopic (exact) mass is 356 g/mol. The molecule has 1 heterocycles. The van der Waals surface area contributed by atoms with Crippen LogP contribution in [0.25, 0.3) is 11.8 Å². The van der Waals surface area contributed by atoms with Gasteiger partial charge in [-0.3, -0.25) is 4.79 Å². The van der Waals surface area contributed by atoms with Gasteiger partial charge in [-0.25, -0.2) is 4.68 Å². The van der Waals surface area contributed by atoms with Crippen molar-refractivity contribution in [1.29, 1.82) is 5.26 Å². The number of nitrogens with one attached hydrogen (secondary N) is 1. The van der Waals surface area contributed by atoms with Gasteiger partial charge in [0.2, 0.25) is 0 Å². The van der Waals surface area contributed by atoms with Crippen molar-refractivity contribution < 1.29 is 4.79 Å². The highest BCUT2D eigenvalue weighted by atomic mass is 16.1. The van der Waals surface area contributed by atoms with Gasteiger partial charge in [0.15, 0.2) is 0 Å². The van der Waals surface area contributed by atoms with Gasteiger partial charge in [0.05, 0.1) is 11.4 Å². The molecule has 5 heteroatoms. The molecular weight excluding hydrogens is 336 g/mol. The molecule has 0 unspecified atom stereocenters. The third-order valence-electron chi connectivity index (χ3n) is 4.28. The zero-order valence-electron chi connectivity index (χ0n) is 15.5. The maximum Gasteiger partial charge on any atom is 0.266 e. The third-order valence-corrected chi connectivity index (χ3v) is 4.28. The molecule has 1 N–H and O–H groups in total. The van der Waals surface area contributed by atoms with Crippen molar-refractivity contribution in [3.05, 3.63) is 82.7 Å². The van der Waals surface area contributed by atoms with Gasteiger partial charge in [-0.2, -0.15) is 10.4 Å². The van der Waals surface area contributed by atoms with Crippen LogP contribution in [0.15, 0.2) is 60.2 Å². The highest BCUT2D eigenvalue weighted by Gasteiger charge is 2.15. The van der Waals surface area contributed by atoms with E-state index < -0.39 is 5.91 Å². The van der Waals surface area contributed by atoms with E-state index in [1.807, 2.05) is 80.1 Å². The fourth-order valence-electron chi connectivity index (χ4n) is 2.90. The summed E-state index contributed by atoms with van der Waals surface area (Å²) in [5, 5.41) is 16.8. The second-order valence-electron chi connectivity index (χ2n) is 6.33. The average molecular weight is 356 g/mol. The predicted molar refractivity (Wildman–Crippen MR) is 106 cm³/mol. The molecule has 0 aliphatic rings. The van der Waals surface area contributed by atoms with Crippen molar-refractivity contribution in [3.8, 4) is 11.8 Å². The summed E-state index contributed by atoms with van der Waals surface area (Å²) < 4.78 is 1.81. The summed E-state index contributed by atoms with van der Waals surface area (Å²) in [4.78, 5) is 12.5. The number of amides is 1. The molecule has 0 atom stereocenters. The Bertz CT molecular complexity index is 1060. The highest BCUT2D eigenvalue weighted by Crippen LogP contribution is 2.21. The molecule has 3 rings (SSSR count). The second kappa shape index (κ2) is 7.71. The number of hydrogen-bond donors (Lipinski definition) is 1. The normalized spacial score (nSPS) is 11.1. The molecule has 2 aromatic carbocycles. The van der Waals surface area contributed by atoms with E-state index in [4.69, 9.17) is 0 Å². The Morgan fingerprint density at radius 1 is 1.11 bits per heavy atom. The smallest absolute Gasteiger partial charge is 0.266 e. The van der Waals surface area contributed by atoms with Gasteiger partial charge in [0.25, 0.3) is 5.91 Å². The minimum absolute atomic E-state index is 0.0373. The van der Waals surface area contributed by atoms with Crippen LogP contribution in [0.1, 0.15) is 22.5 Å². The first-order chi connectivity index (χ1) is 13.0. The molecule has 0 aliphatic carbocycles. The number of rotatable bonds is 4. The lowest BCUT2D eigenvalue weighted by molar-refractivity contribution is -0.112. The van der Waals surface area contributed by atoms with E-state index in [1.54, 1.807) is 12.1 Å². The summed E-state index contributed by atoms with van der Waals surface area (Å²) in [6, 6.07) is 19.2. The number of benzene rings is 2. The zero-order valence-corrected chi connectivity index (χ0v) is 15.5. The van der Waals surface area contributed by atoms with Crippen LogP contribution >= 0.6 is 0 Å². The second-order valence-corrected chi connectivity index (χ2v) is 6.33. The molecule has 0 bridgehead atoms. The lowest BCUT2D eigenvalue weighted by Crippen LogP contribution is -2.13. The van der Waals surface area contributed by atoms with E-state index in [-0.39, 0.29) is 5.57 Å². The molecule has 27 heavy (non-hydrogen) atoms. The van der Waals surface area contributed by atoms with E-state index in [0.717, 1.165) is 28.2 Å². The minimum atomic E-state index is -0.436. The van der Waals surface area contributed by atoms with E-state index in [0.29, 0.717) is 5.69 Å². The average Bonchev–Trinajstić information content (AvgIpc) is 2.94. The third kappa shape index (κ3) is 3.96. The van der Waals surface area contributed by atoms with E-state index in [9.17, 15) is 10.1 Å². The van der Waals surface area contributed by atoms with Gasteiger partial charge in [-0.15, -0.1) is 0 Å². The van der Waals surface area contributed by atoms with Crippen molar-refractivity contribution in [3.63, 3.8) is 0 Å². The first-order valence-corrected chi connectivity index (χ1v) is 8.61. The van der Waals surface area contributed by atoms with Crippen molar-refractivity contribution in [2.75, 3.05) is 5.32 Å². The highest BCUT2D eigenvalue weighted by molar-refractivity contribution is 6.09. The molecule has 0 fully saturated rings. The molecule has 1 amide bonds. The van der Waals surface area contributed by atoms with Crippen molar-refractivity contribution in [1.82, 2.24) is 9.78 Å². The van der Waals surface area contributed by atoms with Crippen molar-refractivity contribution in [2.45, 2.75) is 20.8 Å². The van der Waals surface area contributed by atoms with Gasteiger partial charge < -0.3 is 5.32 Å². The van der Waals surface area contributed by atoms with Gasteiger partial charge in [0, 0.05) is 16.9 Å². The molecule has 0 saturated carbocycles. The number of aromatic nitrogens is 2. The van der Waals surface area contributed by atoms with Gasteiger partial charge in [0.1, 0.15) is 11.6 Å². The summed E-state index contributed by atoms with van der Waals surface area (Å²) in [5.41, 5.74) is 5.06. The fraction of sp³-hybridized carbons (Fsp3) is 0.136. The standard InChI is InChI=1S/C22H20N4O/c1-15-8-7-9-19(12-15)24-22(27)18(14-23)13-21-16(2)25-26(17(21)3)20-10-5-4-6-11-20/h4-13H,1-3H3,(H,24,27)/b18-13+. The van der Waals surface area contributed by atoms with Crippen LogP contribution in [0.5, 0.6) is 0 Å². The molecule has 5 nitrogen and oxygen atoms in total. The number of anilines is 1. The summed E-state index contributed by atoms with van der Waals surface area (Å²) in [6.45, 7) is 5.74. The number of carbonyl (C=O) groups is 1. The molecular formula is C22H20N4O. The van der Waals surface area contributed by atoms with Crippen molar-refractivity contribution >= 4 is 17.7 Å². The topological polar surface area (TPSA) is 70.7 Å². The lowest BCUT2D eigenvalue weighted by atomic mass is 10.1. The maximum atomic E-state index is 12.5. The van der Waals surface area contributed by atoms with Gasteiger partial charge in [-0.05, 0) is 56.7 Å². The summed E-state index contributed by atoms with van der Waals surface area (Å²) >= 11 is 0. The van der Waals surface area contributed by atoms with Crippen LogP contribution < -0.4 is 5.32 Å². The SMILES string of the molecule is Cc1cccc(NC(=O)/C(C#N)=C/c2c(C)nn(-c3ccccc3)c2C)c1. The number of aryl methyl sites for hydroxylation is 2. The number of para-hydroxylation sites is 1. The van der Waals surface area contributed by atoms with Crippen LogP contribution in [0, 0.1) is 32.1 Å². The Morgan fingerprint density at radius 3 is 2.52 bits per heavy atom. The van der Waals surface area contributed by atoms with Crippen LogP contribution in [-0.4, -0.2) is 15.7 Å². The van der Waals surface area contributed by atoms with E-state index >= 15 is 0 Å². The van der Waals surface area contributed by atoms with E-state index in [1.165, 1.54) is 0 Å². The summed E-state index contributed by atoms with van der Waals surface area (Å²) in [6.07, 6.45) is 1.60. The first kappa shape index (κ1) is 18.2. The number of carbonyl (C=O) groups excluding carboxylic acids is 1. The molecule has 0 saturated heterocycles. The van der Waals surface area contributed by atoms with Gasteiger partial charge >= 0.3 is 0 Å². The van der Waals surface area contributed by atoms with Crippen LogP contribution in [0.3, 0.4) is 0 Å². The fourth-order valence-corrected chi connectivity index (χ4v) is 2.90. The molecule has 0 spiro atoms. The lowest BCUT2D eigenvalue weighted by Gasteiger charge is -2.06. The summed E-state index contributed by atoms with van der Waals surface area (Å²) in [7, 11) is 0. The molecule has 134 valence electrons. The quantitative estimate of drug-likeness (QED) is 0.558. The molecule has 0 aliphatic heterocycles. The van der Waals surface area contributed by atoms with Crippen LogP contribution in [0.4, 0.5) is 5.69 Å². The Kier molecular flexibility index (Phi) is 5.18. The largest absolute Gasteiger partial charge is 0.321 e. The van der Waals surface area contributed by atoms with Gasteiger partial charge in [-0.1, -0.05) is 30.3 Å². The number of nitriles is 1. The molecule has 0 radical (unpaired) electrons. The Morgan fingerprint density at radius 2 is 1.85 bits per heavy atom. The number of hydrogen-bond acceptors (Lipinski definition) is 3. The molecule has 1 aromatic heterocycles. The maximum absolute atomic E-state index is 12.5. The zero-order chi connectivity index (χ0) is 19.4. The van der Waals surface area contributed by atoms with Crippen LogP contribution in [-0.2, 0) is 4.79 Å². The molecule has 3 aromatic rings. The van der Waals surface area contributed by atoms with Crippen LogP contribution in [0.2, 0.25) is 0 Å². The predicted octanol–water partition coefficient (Wildman–Crippen LogP) is 4.34. The first-order valence-electron chi connectivity index (χ1n) is 8.61.